The Balaban J connectivity index is 1.62. The molecule has 2 bridgehead atoms. The lowest BCUT2D eigenvalue weighted by Crippen LogP contribution is -2.63. The van der Waals surface area contributed by atoms with Crippen molar-refractivity contribution in [1.82, 2.24) is 0 Å². The summed E-state index contributed by atoms with van der Waals surface area (Å²) in [6, 6.07) is 0.0195. The normalized spacial score (nSPS) is 50.1. The van der Waals surface area contributed by atoms with E-state index in [0.29, 0.717) is 19.3 Å². The minimum atomic E-state index is -0.663. The maximum absolute atomic E-state index is 13.5. The number of carbonyl (C=O) groups excluding carboxylic acids is 2. The van der Waals surface area contributed by atoms with Gasteiger partial charge in [-0.2, -0.15) is 0 Å². The standard InChI is InChI=1S/C28H45NO5S/c1-6-26(4)14-22(34-23(32)15-35-21-8-7-18(29)13-20(21)31)27(5)16(2)9-11-28(17(3)25(26)33)12-10-19(30)24(27)28/h6,16-18,20-22,24-25,31,33H,1,7-15,29H2,2-5H3/t16?,17-,18+,20+,21+,22+,24-,25-,26+,27-,28+/m0/s1. The number of ether oxygens (including phenoxy) is 1. The molecular formula is C28H45NO5S. The van der Waals surface area contributed by atoms with Crippen LogP contribution in [0.4, 0.5) is 0 Å². The Kier molecular flexibility index (Phi) is 7.58. The molecule has 35 heavy (non-hydrogen) atoms. The molecule has 0 heterocycles. The van der Waals surface area contributed by atoms with Gasteiger partial charge in [0.05, 0.1) is 18.0 Å². The van der Waals surface area contributed by atoms with Crippen LogP contribution < -0.4 is 5.73 Å². The maximum atomic E-state index is 13.5. The number of hydrogen-bond donors (Lipinski definition) is 3. The molecule has 11 atom stereocenters. The van der Waals surface area contributed by atoms with E-state index in [9.17, 15) is 19.8 Å². The molecule has 4 saturated carbocycles. The Hall–Kier alpha value is -0.890. The fourth-order valence-corrected chi connectivity index (χ4v) is 9.27. The van der Waals surface area contributed by atoms with Crippen molar-refractivity contribution < 1.29 is 24.5 Å². The number of rotatable bonds is 5. The number of ketones is 1. The molecule has 198 valence electrons. The number of aliphatic hydroxyl groups is 2. The third-order valence-corrected chi connectivity index (χ3v) is 12.2. The van der Waals surface area contributed by atoms with Crippen LogP contribution in [0.3, 0.4) is 0 Å². The Morgan fingerprint density at radius 1 is 1.23 bits per heavy atom. The molecule has 4 N–H and O–H groups in total. The molecule has 0 aromatic carbocycles. The van der Waals surface area contributed by atoms with Gasteiger partial charge in [0.15, 0.2) is 0 Å². The summed E-state index contributed by atoms with van der Waals surface area (Å²) < 4.78 is 6.29. The summed E-state index contributed by atoms with van der Waals surface area (Å²) in [4.78, 5) is 26.7. The number of aliphatic hydroxyl groups excluding tert-OH is 2. The van der Waals surface area contributed by atoms with Gasteiger partial charge in [0.1, 0.15) is 11.9 Å². The SMILES string of the molecule is C=C[C@]1(C)C[C@@H](OC(=O)CS[C@@H]2CC[C@@H](N)C[C@H]2O)[C@]2(C)C(C)CC[C@@]3(CCC(=O)[C@H]32)[C@@H](C)[C@@H]1O. The van der Waals surface area contributed by atoms with Gasteiger partial charge in [-0.05, 0) is 62.2 Å². The van der Waals surface area contributed by atoms with Gasteiger partial charge >= 0.3 is 5.97 Å². The van der Waals surface area contributed by atoms with Gasteiger partial charge in [-0.25, -0.2) is 0 Å². The maximum Gasteiger partial charge on any atom is 0.316 e. The predicted octanol–water partition coefficient (Wildman–Crippen LogP) is 3.87. The van der Waals surface area contributed by atoms with Crippen LogP contribution in [0.2, 0.25) is 0 Å². The quantitative estimate of drug-likeness (QED) is 0.383. The summed E-state index contributed by atoms with van der Waals surface area (Å²) in [6.07, 6.45) is 6.01. The molecule has 0 aliphatic heterocycles. The van der Waals surface area contributed by atoms with E-state index in [-0.39, 0.29) is 52.0 Å². The zero-order chi connectivity index (χ0) is 25.8. The average molecular weight is 508 g/mol. The highest BCUT2D eigenvalue weighted by molar-refractivity contribution is 8.00. The smallest absolute Gasteiger partial charge is 0.316 e. The lowest BCUT2D eigenvalue weighted by atomic mass is 9.44. The lowest BCUT2D eigenvalue weighted by Gasteiger charge is -2.61. The molecular weight excluding hydrogens is 462 g/mol. The fraction of sp³-hybridized carbons (Fsp3) is 0.857. The van der Waals surface area contributed by atoms with Gasteiger partial charge in [0.2, 0.25) is 0 Å². The molecule has 4 fully saturated rings. The van der Waals surface area contributed by atoms with Crippen LogP contribution in [0.25, 0.3) is 0 Å². The number of hydrogen-bond acceptors (Lipinski definition) is 7. The zero-order valence-corrected chi connectivity index (χ0v) is 22.7. The summed E-state index contributed by atoms with van der Waals surface area (Å²) in [6.45, 7) is 12.5. The highest BCUT2D eigenvalue weighted by Crippen LogP contribution is 2.68. The summed E-state index contributed by atoms with van der Waals surface area (Å²) >= 11 is 1.45. The Bertz CT molecular complexity index is 851. The molecule has 0 saturated heterocycles. The van der Waals surface area contributed by atoms with E-state index in [1.54, 1.807) is 0 Å². The summed E-state index contributed by atoms with van der Waals surface area (Å²) in [5.41, 5.74) is 4.57. The van der Waals surface area contributed by atoms with Crippen LogP contribution in [0.15, 0.2) is 12.7 Å². The van der Waals surface area contributed by atoms with Crippen LogP contribution in [0, 0.1) is 34.0 Å². The predicted molar refractivity (Wildman–Crippen MR) is 139 cm³/mol. The lowest BCUT2D eigenvalue weighted by molar-refractivity contribution is -0.205. The topological polar surface area (TPSA) is 110 Å². The Morgan fingerprint density at radius 3 is 2.60 bits per heavy atom. The van der Waals surface area contributed by atoms with Crippen molar-refractivity contribution in [2.75, 3.05) is 5.75 Å². The van der Waals surface area contributed by atoms with E-state index in [1.165, 1.54) is 11.8 Å². The number of carbonyl (C=O) groups is 2. The largest absolute Gasteiger partial charge is 0.461 e. The zero-order valence-electron chi connectivity index (χ0n) is 21.9. The third kappa shape index (κ3) is 4.42. The molecule has 4 rings (SSSR count). The van der Waals surface area contributed by atoms with E-state index in [0.717, 1.165) is 32.1 Å². The van der Waals surface area contributed by atoms with Crippen LogP contribution >= 0.6 is 11.8 Å². The van der Waals surface area contributed by atoms with Gasteiger partial charge in [-0.15, -0.1) is 18.3 Å². The van der Waals surface area contributed by atoms with Gasteiger partial charge in [-0.1, -0.05) is 33.8 Å². The monoisotopic (exact) mass is 507 g/mol. The Labute approximate surface area is 214 Å². The second kappa shape index (κ2) is 9.77. The second-order valence-corrected chi connectivity index (χ2v) is 13.8. The van der Waals surface area contributed by atoms with Crippen LogP contribution in [-0.2, 0) is 14.3 Å². The van der Waals surface area contributed by atoms with E-state index in [4.69, 9.17) is 10.5 Å². The van der Waals surface area contributed by atoms with Crippen molar-refractivity contribution in [2.45, 2.75) is 109 Å². The first-order valence-corrected chi connectivity index (χ1v) is 14.5. The molecule has 7 heteroatoms. The molecule has 4 aliphatic carbocycles. The van der Waals surface area contributed by atoms with Crippen molar-refractivity contribution in [1.29, 1.82) is 0 Å². The van der Waals surface area contributed by atoms with Gasteiger partial charge in [0, 0.05) is 34.5 Å². The molecule has 4 aliphatic rings. The van der Waals surface area contributed by atoms with E-state index in [2.05, 4.69) is 27.4 Å². The first-order chi connectivity index (χ1) is 16.4. The molecule has 0 amide bonds. The molecule has 0 spiro atoms. The highest BCUT2D eigenvalue weighted by Gasteiger charge is 2.68. The highest BCUT2D eigenvalue weighted by atomic mass is 32.2. The number of Topliss-reactive ketones (excluding diaryl/α,β-unsaturated/α-hetero) is 1. The van der Waals surface area contributed by atoms with Crippen LogP contribution in [0.1, 0.15) is 79.1 Å². The van der Waals surface area contributed by atoms with E-state index in [1.807, 2.05) is 13.0 Å². The van der Waals surface area contributed by atoms with Crippen molar-refractivity contribution in [3.05, 3.63) is 12.7 Å². The van der Waals surface area contributed by atoms with E-state index >= 15 is 0 Å². The summed E-state index contributed by atoms with van der Waals surface area (Å²) in [7, 11) is 0. The van der Waals surface area contributed by atoms with Crippen LogP contribution in [-0.4, -0.2) is 57.3 Å². The molecule has 1 unspecified atom stereocenters. The summed E-state index contributed by atoms with van der Waals surface area (Å²) in [5.74, 6) is 0.0613. The second-order valence-electron chi connectivity index (χ2n) is 12.6. The third-order valence-electron chi connectivity index (χ3n) is 10.8. The van der Waals surface area contributed by atoms with Crippen molar-refractivity contribution in [2.24, 2.45) is 39.7 Å². The number of thioether (sulfide) groups is 1. The van der Waals surface area contributed by atoms with Gasteiger partial charge < -0.3 is 20.7 Å². The minimum absolute atomic E-state index is 0.0194. The minimum Gasteiger partial charge on any atom is -0.461 e. The van der Waals surface area contributed by atoms with Crippen molar-refractivity contribution >= 4 is 23.5 Å². The van der Waals surface area contributed by atoms with Crippen LogP contribution in [0.5, 0.6) is 0 Å². The van der Waals surface area contributed by atoms with Gasteiger partial charge in [-0.3, -0.25) is 9.59 Å². The average Bonchev–Trinajstić information content (AvgIpc) is 3.17. The molecule has 0 aromatic heterocycles. The van der Waals surface area contributed by atoms with E-state index < -0.39 is 29.1 Å². The molecule has 6 nitrogen and oxygen atoms in total. The van der Waals surface area contributed by atoms with Crippen molar-refractivity contribution in [3.63, 3.8) is 0 Å². The number of nitrogens with two attached hydrogens (primary N) is 1. The first kappa shape index (κ1) is 27.2. The Morgan fingerprint density at radius 2 is 1.94 bits per heavy atom. The molecule has 0 radical (unpaired) electrons. The van der Waals surface area contributed by atoms with Gasteiger partial charge in [0.25, 0.3) is 0 Å². The first-order valence-electron chi connectivity index (χ1n) is 13.5. The summed E-state index contributed by atoms with van der Waals surface area (Å²) in [5, 5.41) is 22.0. The number of esters is 1. The van der Waals surface area contributed by atoms with Crippen molar-refractivity contribution in [3.8, 4) is 0 Å². The fourth-order valence-electron chi connectivity index (χ4n) is 8.21. The molecule has 0 aromatic rings.